The van der Waals surface area contributed by atoms with Crippen LogP contribution in [-0.4, -0.2) is 9.78 Å². The second kappa shape index (κ2) is 5.48. The summed E-state index contributed by atoms with van der Waals surface area (Å²) in [5, 5.41) is 4.31. The minimum atomic E-state index is -0.578. The Kier molecular flexibility index (Phi) is 3.95. The minimum absolute atomic E-state index is 0.324. The van der Waals surface area contributed by atoms with Gasteiger partial charge in [0.1, 0.15) is 11.6 Å². The van der Waals surface area contributed by atoms with Crippen molar-refractivity contribution in [1.82, 2.24) is 9.78 Å². The van der Waals surface area contributed by atoms with Crippen LogP contribution in [0.1, 0.15) is 29.8 Å². The maximum Gasteiger partial charge on any atom is 0.129 e. The van der Waals surface area contributed by atoms with Gasteiger partial charge in [-0.2, -0.15) is 5.10 Å². The Morgan fingerprint density at radius 2 is 2.11 bits per heavy atom. The summed E-state index contributed by atoms with van der Waals surface area (Å²) < 4.78 is 28.1. The molecule has 1 aromatic carbocycles. The fourth-order valence-corrected chi connectivity index (χ4v) is 2.17. The van der Waals surface area contributed by atoms with Gasteiger partial charge in [0.05, 0.1) is 5.69 Å². The lowest BCUT2D eigenvalue weighted by atomic mass is 9.99. The number of aromatic nitrogens is 2. The predicted octanol–water partition coefficient (Wildman–Crippen LogP) is 2.50. The molecule has 2 N–H and O–H groups in total. The first-order valence-corrected chi connectivity index (χ1v) is 6.23. The van der Waals surface area contributed by atoms with Gasteiger partial charge in [0.25, 0.3) is 0 Å². The molecule has 19 heavy (non-hydrogen) atoms. The van der Waals surface area contributed by atoms with Crippen molar-refractivity contribution < 1.29 is 8.78 Å². The molecular weight excluding hydrogens is 248 g/mol. The Morgan fingerprint density at radius 3 is 2.74 bits per heavy atom. The first-order chi connectivity index (χ1) is 9.01. The Bertz CT molecular complexity index is 578. The van der Waals surface area contributed by atoms with Crippen molar-refractivity contribution in [3.63, 3.8) is 0 Å². The summed E-state index contributed by atoms with van der Waals surface area (Å²) >= 11 is 0. The van der Waals surface area contributed by atoms with Crippen LogP contribution in [0.3, 0.4) is 0 Å². The molecule has 0 bridgehead atoms. The smallest absolute Gasteiger partial charge is 0.129 e. The topological polar surface area (TPSA) is 43.8 Å². The number of nitrogens with zero attached hydrogens (tertiary/aromatic N) is 2. The molecule has 2 rings (SSSR count). The number of nitrogens with two attached hydrogens (primary N) is 1. The molecule has 0 aliphatic heterocycles. The lowest BCUT2D eigenvalue weighted by molar-refractivity contribution is 0.562. The molecule has 0 fully saturated rings. The van der Waals surface area contributed by atoms with E-state index >= 15 is 0 Å². The van der Waals surface area contributed by atoms with Crippen molar-refractivity contribution in [3.05, 3.63) is 52.9 Å². The first kappa shape index (κ1) is 13.7. The van der Waals surface area contributed by atoms with Crippen molar-refractivity contribution in [1.29, 1.82) is 0 Å². The van der Waals surface area contributed by atoms with Crippen LogP contribution in [0.15, 0.2) is 24.4 Å². The fourth-order valence-electron chi connectivity index (χ4n) is 2.17. The van der Waals surface area contributed by atoms with Crippen LogP contribution in [-0.2, 0) is 19.9 Å². The molecule has 102 valence electrons. The van der Waals surface area contributed by atoms with Gasteiger partial charge in [-0.1, -0.05) is 13.0 Å². The normalized spacial score (nSPS) is 12.7. The number of halogens is 2. The molecule has 5 heteroatoms. The van der Waals surface area contributed by atoms with E-state index in [0.717, 1.165) is 23.7 Å². The van der Waals surface area contributed by atoms with E-state index in [-0.39, 0.29) is 6.04 Å². The van der Waals surface area contributed by atoms with Gasteiger partial charge in [-0.25, -0.2) is 8.78 Å². The number of rotatable bonds is 4. The van der Waals surface area contributed by atoms with E-state index in [1.54, 1.807) is 4.68 Å². The molecule has 0 saturated carbocycles. The van der Waals surface area contributed by atoms with Crippen molar-refractivity contribution >= 4 is 0 Å². The van der Waals surface area contributed by atoms with Gasteiger partial charge in [0.2, 0.25) is 0 Å². The molecule has 0 aliphatic carbocycles. The Labute approximate surface area is 111 Å². The highest BCUT2D eigenvalue weighted by atomic mass is 19.1. The van der Waals surface area contributed by atoms with Crippen LogP contribution in [0.5, 0.6) is 0 Å². The zero-order valence-corrected chi connectivity index (χ0v) is 11.0. The Morgan fingerprint density at radius 1 is 1.37 bits per heavy atom. The lowest BCUT2D eigenvalue weighted by Crippen LogP contribution is -2.15. The van der Waals surface area contributed by atoms with Crippen molar-refractivity contribution in [2.24, 2.45) is 12.8 Å². The summed E-state index contributed by atoms with van der Waals surface area (Å²) in [5.41, 5.74) is 8.35. The largest absolute Gasteiger partial charge is 0.324 e. The van der Waals surface area contributed by atoms with Gasteiger partial charge in [-0.05, 0) is 24.5 Å². The van der Waals surface area contributed by atoms with Crippen molar-refractivity contribution in [3.8, 4) is 0 Å². The summed E-state index contributed by atoms with van der Waals surface area (Å²) in [4.78, 5) is 0. The van der Waals surface area contributed by atoms with E-state index in [2.05, 4.69) is 5.10 Å². The maximum atomic E-state index is 13.6. The van der Waals surface area contributed by atoms with Crippen LogP contribution < -0.4 is 5.73 Å². The minimum Gasteiger partial charge on any atom is -0.324 e. The Balaban J connectivity index is 2.22. The summed E-state index contributed by atoms with van der Waals surface area (Å²) in [7, 11) is 1.83. The van der Waals surface area contributed by atoms with Crippen LogP contribution in [0.2, 0.25) is 0 Å². The summed E-state index contributed by atoms with van der Waals surface area (Å²) in [6.45, 7) is 2.00. The van der Waals surface area contributed by atoms with Gasteiger partial charge in [-0.15, -0.1) is 0 Å². The van der Waals surface area contributed by atoms with Gasteiger partial charge < -0.3 is 5.73 Å². The molecule has 0 aliphatic rings. The second-order valence-corrected chi connectivity index (χ2v) is 4.60. The van der Waals surface area contributed by atoms with E-state index in [9.17, 15) is 8.78 Å². The maximum absolute atomic E-state index is 13.6. The summed E-state index contributed by atoms with van der Waals surface area (Å²) in [6, 6.07) is 3.22. The molecule has 1 aromatic heterocycles. The molecule has 1 atom stereocenters. The number of hydrogen-bond donors (Lipinski definition) is 1. The van der Waals surface area contributed by atoms with Gasteiger partial charge in [-0.3, -0.25) is 4.68 Å². The lowest BCUT2D eigenvalue weighted by Gasteiger charge is -2.12. The zero-order valence-electron chi connectivity index (χ0n) is 11.0. The molecule has 0 amide bonds. The van der Waals surface area contributed by atoms with E-state index in [1.165, 1.54) is 12.1 Å². The van der Waals surface area contributed by atoms with Gasteiger partial charge >= 0.3 is 0 Å². The number of benzene rings is 1. The molecule has 1 heterocycles. The average Bonchev–Trinajstić information content (AvgIpc) is 2.74. The highest BCUT2D eigenvalue weighted by Gasteiger charge is 2.16. The third-order valence-electron chi connectivity index (χ3n) is 3.13. The molecule has 0 radical (unpaired) electrons. The van der Waals surface area contributed by atoms with Crippen LogP contribution in [0, 0.1) is 11.6 Å². The van der Waals surface area contributed by atoms with E-state index in [1.807, 2.05) is 20.2 Å². The molecule has 0 spiro atoms. The van der Waals surface area contributed by atoms with Gasteiger partial charge in [0, 0.05) is 30.9 Å². The predicted molar refractivity (Wildman–Crippen MR) is 69.6 cm³/mol. The SMILES string of the molecule is CCc1nn(C)cc1C(N)Cc1ccc(F)cc1F. The second-order valence-electron chi connectivity index (χ2n) is 4.60. The average molecular weight is 265 g/mol. The monoisotopic (exact) mass is 265 g/mol. The van der Waals surface area contributed by atoms with E-state index in [0.29, 0.717) is 12.0 Å². The van der Waals surface area contributed by atoms with E-state index < -0.39 is 11.6 Å². The zero-order chi connectivity index (χ0) is 14.0. The molecular formula is C14H17F2N3. The summed E-state index contributed by atoms with van der Waals surface area (Å²) in [5.74, 6) is -1.14. The molecule has 2 aromatic rings. The molecule has 0 saturated heterocycles. The third-order valence-corrected chi connectivity index (χ3v) is 3.13. The van der Waals surface area contributed by atoms with Crippen LogP contribution in [0.25, 0.3) is 0 Å². The number of aryl methyl sites for hydroxylation is 2. The van der Waals surface area contributed by atoms with E-state index in [4.69, 9.17) is 5.73 Å². The van der Waals surface area contributed by atoms with Crippen molar-refractivity contribution in [2.75, 3.05) is 0 Å². The standard InChI is InChI=1S/C14H17F2N3/c1-3-14-11(8-19(2)18-14)13(17)6-9-4-5-10(15)7-12(9)16/h4-5,7-8,13H,3,6,17H2,1-2H3. The Hall–Kier alpha value is -1.75. The van der Waals surface area contributed by atoms with Crippen molar-refractivity contribution in [2.45, 2.75) is 25.8 Å². The molecule has 1 unspecified atom stereocenters. The van der Waals surface area contributed by atoms with Crippen LogP contribution in [0.4, 0.5) is 8.78 Å². The fraction of sp³-hybridized carbons (Fsp3) is 0.357. The summed E-state index contributed by atoms with van der Waals surface area (Å²) in [6.07, 6.45) is 2.95. The third kappa shape index (κ3) is 2.98. The quantitative estimate of drug-likeness (QED) is 0.923. The highest BCUT2D eigenvalue weighted by molar-refractivity contribution is 5.26. The van der Waals surface area contributed by atoms with Crippen LogP contribution >= 0.6 is 0 Å². The van der Waals surface area contributed by atoms with Gasteiger partial charge in [0.15, 0.2) is 0 Å². The highest BCUT2D eigenvalue weighted by Crippen LogP contribution is 2.21. The number of hydrogen-bond acceptors (Lipinski definition) is 2. The first-order valence-electron chi connectivity index (χ1n) is 6.23. The molecule has 3 nitrogen and oxygen atoms in total.